The van der Waals surface area contributed by atoms with Gasteiger partial charge in [0, 0.05) is 41.5 Å². The lowest BCUT2D eigenvalue weighted by atomic mass is 9.70. The summed E-state index contributed by atoms with van der Waals surface area (Å²) in [5.41, 5.74) is 6.02. The van der Waals surface area contributed by atoms with Crippen molar-refractivity contribution in [2.24, 2.45) is 5.92 Å². The van der Waals surface area contributed by atoms with Gasteiger partial charge in [0.15, 0.2) is 5.78 Å². The molecule has 28 heavy (non-hydrogen) atoms. The maximum atomic E-state index is 12.1. The van der Waals surface area contributed by atoms with Crippen LogP contribution in [0.25, 0.3) is 10.9 Å². The molecule has 4 heteroatoms. The van der Waals surface area contributed by atoms with E-state index < -0.39 is 6.10 Å². The van der Waals surface area contributed by atoms with Crippen LogP contribution in [0.4, 0.5) is 0 Å². The fraction of sp³-hybridized carbons (Fsp3) is 0.542. The number of nitrogens with zero attached hydrogens (tertiary/aromatic N) is 1. The van der Waals surface area contributed by atoms with Crippen molar-refractivity contribution in [2.45, 2.75) is 63.5 Å². The zero-order valence-electron chi connectivity index (χ0n) is 16.9. The van der Waals surface area contributed by atoms with Crippen molar-refractivity contribution in [3.63, 3.8) is 0 Å². The number of likely N-dealkylation sites (tertiary alicyclic amines) is 1. The van der Waals surface area contributed by atoms with Crippen LogP contribution in [0.1, 0.15) is 56.1 Å². The van der Waals surface area contributed by atoms with E-state index in [1.165, 1.54) is 22.0 Å². The molecule has 4 atom stereocenters. The predicted octanol–water partition coefficient (Wildman–Crippen LogP) is 3.95. The molecule has 3 aliphatic rings. The third kappa shape index (κ3) is 2.77. The second kappa shape index (κ2) is 6.85. The number of hydrogen-bond donors (Lipinski definition) is 2. The van der Waals surface area contributed by atoms with E-state index >= 15 is 0 Å². The molecule has 5 rings (SSSR count). The van der Waals surface area contributed by atoms with E-state index in [1.54, 1.807) is 6.92 Å². The van der Waals surface area contributed by atoms with E-state index in [0.717, 1.165) is 56.2 Å². The minimum atomic E-state index is -0.491. The second-order valence-corrected chi connectivity index (χ2v) is 9.11. The molecule has 1 aliphatic heterocycles. The third-order valence-corrected chi connectivity index (χ3v) is 7.50. The Labute approximate surface area is 166 Å². The molecular formula is C24H30N2O2. The number of allylic oxidation sites excluding steroid dienone is 1. The Bertz CT molecular complexity index is 957. The maximum absolute atomic E-state index is 12.1. The highest BCUT2D eigenvalue weighted by Crippen LogP contribution is 2.46. The van der Waals surface area contributed by atoms with Gasteiger partial charge in [0.1, 0.15) is 0 Å². The molecule has 2 aliphatic carbocycles. The van der Waals surface area contributed by atoms with Crippen molar-refractivity contribution in [2.75, 3.05) is 13.6 Å². The lowest BCUT2D eigenvalue weighted by Gasteiger charge is -2.47. The molecule has 4 nitrogen and oxygen atoms in total. The number of piperidine rings is 1. The average molecular weight is 379 g/mol. The van der Waals surface area contributed by atoms with E-state index in [2.05, 4.69) is 41.3 Å². The first-order valence-corrected chi connectivity index (χ1v) is 10.7. The van der Waals surface area contributed by atoms with Crippen LogP contribution >= 0.6 is 0 Å². The van der Waals surface area contributed by atoms with Gasteiger partial charge in [0.25, 0.3) is 0 Å². The number of Topliss-reactive ketones (excluding diaryl/α,β-unsaturated/α-hetero) is 1. The van der Waals surface area contributed by atoms with Gasteiger partial charge >= 0.3 is 0 Å². The van der Waals surface area contributed by atoms with Crippen molar-refractivity contribution in [1.82, 2.24) is 9.88 Å². The quantitative estimate of drug-likeness (QED) is 0.850. The molecule has 0 saturated carbocycles. The summed E-state index contributed by atoms with van der Waals surface area (Å²) in [7, 11) is 2.20. The molecule has 2 unspecified atom stereocenters. The lowest BCUT2D eigenvalue weighted by Crippen LogP contribution is -2.50. The second-order valence-electron chi connectivity index (χ2n) is 9.11. The number of hydrogen-bond acceptors (Lipinski definition) is 3. The number of nitrogens with one attached hydrogen (secondary N) is 1. The van der Waals surface area contributed by atoms with Crippen LogP contribution in [0.5, 0.6) is 0 Å². The lowest BCUT2D eigenvalue weighted by molar-refractivity contribution is -0.114. The highest BCUT2D eigenvalue weighted by atomic mass is 16.3. The van der Waals surface area contributed by atoms with Crippen molar-refractivity contribution in [1.29, 1.82) is 0 Å². The number of carbonyl (C=O) groups is 1. The van der Waals surface area contributed by atoms with E-state index in [1.807, 2.05) is 0 Å². The maximum Gasteiger partial charge on any atom is 0.155 e. The van der Waals surface area contributed by atoms with Gasteiger partial charge in [-0.1, -0.05) is 12.1 Å². The third-order valence-electron chi connectivity index (χ3n) is 7.50. The van der Waals surface area contributed by atoms with Gasteiger partial charge in [-0.3, -0.25) is 4.79 Å². The van der Waals surface area contributed by atoms with Gasteiger partial charge < -0.3 is 15.0 Å². The first kappa shape index (κ1) is 18.1. The number of likely N-dealkylation sites (N-methyl/N-ethyl adjacent to an activating group) is 1. The molecule has 148 valence electrons. The molecule has 2 N–H and O–H groups in total. The van der Waals surface area contributed by atoms with Crippen LogP contribution in [0.3, 0.4) is 0 Å². The normalized spacial score (nSPS) is 29.0. The fourth-order valence-electron chi connectivity index (χ4n) is 6.15. The van der Waals surface area contributed by atoms with Gasteiger partial charge in [-0.25, -0.2) is 0 Å². The Balaban J connectivity index is 1.50. The van der Waals surface area contributed by atoms with E-state index in [4.69, 9.17) is 0 Å². The van der Waals surface area contributed by atoms with Crippen LogP contribution in [-0.2, 0) is 11.2 Å². The number of aliphatic hydroxyl groups excluding tert-OH is 1. The molecule has 0 spiro atoms. The molecule has 1 aromatic carbocycles. The Kier molecular flexibility index (Phi) is 4.44. The van der Waals surface area contributed by atoms with Crippen molar-refractivity contribution < 1.29 is 9.90 Å². The van der Waals surface area contributed by atoms with Crippen molar-refractivity contribution in [3.05, 3.63) is 46.7 Å². The average Bonchev–Trinajstić information content (AvgIpc) is 3.12. The molecule has 1 saturated heterocycles. The smallest absolute Gasteiger partial charge is 0.155 e. The number of rotatable bonds is 3. The summed E-state index contributed by atoms with van der Waals surface area (Å²) in [6.07, 6.45) is 7.61. The SMILES string of the molecule is CC(=O)C1=C(C(O)C2C[C@@H]3c4cccc5[nH]cc(c45)C[C@H]3N(C)C2)CCCC1. The van der Waals surface area contributed by atoms with Crippen LogP contribution < -0.4 is 0 Å². The van der Waals surface area contributed by atoms with E-state index in [-0.39, 0.29) is 11.7 Å². The zero-order valence-corrected chi connectivity index (χ0v) is 16.9. The number of carbonyl (C=O) groups excluding carboxylic acids is 1. The summed E-state index contributed by atoms with van der Waals surface area (Å²) in [6, 6.07) is 7.08. The highest BCUT2D eigenvalue weighted by Gasteiger charge is 2.42. The van der Waals surface area contributed by atoms with Crippen LogP contribution in [0.2, 0.25) is 0 Å². The molecule has 1 fully saturated rings. The molecule has 2 aromatic rings. The Morgan fingerprint density at radius 1 is 1.29 bits per heavy atom. The molecule has 0 bridgehead atoms. The number of ketones is 1. The van der Waals surface area contributed by atoms with Gasteiger partial charge in [-0.2, -0.15) is 0 Å². The molecule has 2 heterocycles. The zero-order chi connectivity index (χ0) is 19.4. The molecule has 0 amide bonds. The van der Waals surface area contributed by atoms with Crippen LogP contribution in [0.15, 0.2) is 35.5 Å². The van der Waals surface area contributed by atoms with Crippen molar-refractivity contribution in [3.8, 4) is 0 Å². The number of benzene rings is 1. The first-order valence-electron chi connectivity index (χ1n) is 10.7. The molecular weight excluding hydrogens is 348 g/mol. The number of aromatic amines is 1. The Morgan fingerprint density at radius 3 is 2.93 bits per heavy atom. The molecule has 1 aromatic heterocycles. The minimum Gasteiger partial charge on any atom is -0.388 e. The fourth-order valence-corrected chi connectivity index (χ4v) is 6.15. The van der Waals surface area contributed by atoms with Crippen molar-refractivity contribution >= 4 is 16.7 Å². The largest absolute Gasteiger partial charge is 0.388 e. The topological polar surface area (TPSA) is 56.3 Å². The van der Waals surface area contributed by atoms with Crippen LogP contribution in [-0.4, -0.2) is 46.5 Å². The summed E-state index contributed by atoms with van der Waals surface area (Å²) < 4.78 is 0. The van der Waals surface area contributed by atoms with Gasteiger partial charge in [0.2, 0.25) is 0 Å². The number of aromatic nitrogens is 1. The summed E-state index contributed by atoms with van der Waals surface area (Å²) in [6.45, 7) is 2.55. The van der Waals surface area contributed by atoms with Gasteiger partial charge in [-0.15, -0.1) is 0 Å². The van der Waals surface area contributed by atoms with E-state index in [9.17, 15) is 9.90 Å². The standard InChI is InChI=1S/C24H30N2O2/c1-14(27)17-6-3-4-7-19(17)24(28)16-10-20-18-8-5-9-21-23(18)15(12-25-21)11-22(20)26(2)13-16/h5,8-9,12,16,20,22,24-25,28H,3-4,6-7,10-11,13H2,1-2H3/t16?,20-,22-,24?/m1/s1. The summed E-state index contributed by atoms with van der Waals surface area (Å²) >= 11 is 0. The molecule has 0 radical (unpaired) electrons. The van der Waals surface area contributed by atoms with Gasteiger partial charge in [-0.05, 0) is 80.8 Å². The first-order chi connectivity index (χ1) is 13.5. The number of H-pyrrole nitrogens is 1. The summed E-state index contributed by atoms with van der Waals surface area (Å²) in [5, 5.41) is 12.7. The monoisotopic (exact) mass is 378 g/mol. The number of aliphatic hydroxyl groups is 1. The highest BCUT2D eigenvalue weighted by molar-refractivity contribution is 5.94. The minimum absolute atomic E-state index is 0.148. The predicted molar refractivity (Wildman–Crippen MR) is 111 cm³/mol. The van der Waals surface area contributed by atoms with Crippen LogP contribution in [0, 0.1) is 5.92 Å². The Hall–Kier alpha value is -1.91. The Morgan fingerprint density at radius 2 is 2.11 bits per heavy atom. The number of fused-ring (bicyclic) bond motifs is 2. The van der Waals surface area contributed by atoms with Gasteiger partial charge in [0.05, 0.1) is 6.10 Å². The summed E-state index contributed by atoms with van der Waals surface area (Å²) in [5.74, 6) is 0.773. The van der Waals surface area contributed by atoms with E-state index in [0.29, 0.717) is 12.0 Å². The summed E-state index contributed by atoms with van der Waals surface area (Å²) in [4.78, 5) is 18.0.